The average Bonchev–Trinajstić information content (AvgIpc) is 2.92. The summed E-state index contributed by atoms with van der Waals surface area (Å²) < 4.78 is 1.11. The van der Waals surface area contributed by atoms with E-state index in [1.165, 1.54) is 4.90 Å². The quantitative estimate of drug-likeness (QED) is 0.499. The van der Waals surface area contributed by atoms with Gasteiger partial charge in [-0.3, -0.25) is 4.79 Å². The number of aromatic nitrogens is 1. The number of thiazole rings is 1. The van der Waals surface area contributed by atoms with Gasteiger partial charge in [0.15, 0.2) is 0 Å². The number of carbonyl (C=O) groups excluding carboxylic acids is 1. The van der Waals surface area contributed by atoms with E-state index < -0.39 is 0 Å². The highest BCUT2D eigenvalue weighted by Crippen LogP contribution is 2.25. The number of anilines is 1. The number of amides is 1. The zero-order chi connectivity index (χ0) is 16.1. The second-order valence-corrected chi connectivity index (χ2v) is 7.63. The Morgan fingerprint density at radius 3 is 2.87 bits per heavy atom. The van der Waals surface area contributed by atoms with Crippen LogP contribution in [0.1, 0.15) is 17.8 Å². The molecule has 1 heterocycles. The second-order valence-electron chi connectivity index (χ2n) is 5.23. The summed E-state index contributed by atoms with van der Waals surface area (Å²) in [6.45, 7) is 1.99. The molecule has 118 valence electrons. The first-order valence-electron chi connectivity index (χ1n) is 7.55. The first-order chi connectivity index (χ1) is 11.2. The van der Waals surface area contributed by atoms with Crippen LogP contribution < -0.4 is 5.32 Å². The van der Waals surface area contributed by atoms with Gasteiger partial charge in [0.05, 0.1) is 15.2 Å². The molecule has 0 radical (unpaired) electrons. The van der Waals surface area contributed by atoms with Crippen LogP contribution in [0.25, 0.3) is 10.2 Å². The third-order valence-electron chi connectivity index (χ3n) is 3.34. The summed E-state index contributed by atoms with van der Waals surface area (Å²) in [5.74, 6) is 1.02. The molecule has 1 aromatic heterocycles. The standard InChI is InChI=1S/C18H18N2OS2/c1-13-19-16-10-9-14(12-17(16)23-13)20-18(21)8-5-11-22-15-6-3-2-4-7-15/h2-4,6-7,9-10,12H,5,8,11H2,1H3,(H,20,21). The van der Waals surface area contributed by atoms with E-state index in [9.17, 15) is 4.79 Å². The first kappa shape index (κ1) is 16.0. The van der Waals surface area contributed by atoms with Crippen LogP contribution in [0, 0.1) is 6.92 Å². The molecule has 23 heavy (non-hydrogen) atoms. The van der Waals surface area contributed by atoms with Crippen molar-refractivity contribution in [3.05, 3.63) is 53.5 Å². The lowest BCUT2D eigenvalue weighted by atomic mass is 10.2. The highest BCUT2D eigenvalue weighted by Gasteiger charge is 2.05. The number of hydrogen-bond acceptors (Lipinski definition) is 4. The predicted molar refractivity (Wildman–Crippen MR) is 99.4 cm³/mol. The topological polar surface area (TPSA) is 42.0 Å². The minimum atomic E-state index is 0.0687. The molecule has 2 aromatic carbocycles. The van der Waals surface area contributed by atoms with E-state index in [1.807, 2.05) is 43.3 Å². The smallest absolute Gasteiger partial charge is 0.224 e. The van der Waals surface area contributed by atoms with E-state index in [1.54, 1.807) is 23.1 Å². The van der Waals surface area contributed by atoms with Crippen molar-refractivity contribution in [1.29, 1.82) is 0 Å². The summed E-state index contributed by atoms with van der Waals surface area (Å²) in [5.41, 5.74) is 1.84. The van der Waals surface area contributed by atoms with Crippen LogP contribution in [-0.2, 0) is 4.79 Å². The van der Waals surface area contributed by atoms with Gasteiger partial charge in [0.1, 0.15) is 0 Å². The molecule has 0 aliphatic carbocycles. The fraction of sp³-hybridized carbons (Fsp3) is 0.222. The minimum absolute atomic E-state index is 0.0687. The Balaban J connectivity index is 1.46. The van der Waals surface area contributed by atoms with Gasteiger partial charge in [-0.1, -0.05) is 18.2 Å². The molecule has 0 unspecified atom stereocenters. The third kappa shape index (κ3) is 4.56. The maximum absolute atomic E-state index is 12.0. The van der Waals surface area contributed by atoms with E-state index in [-0.39, 0.29) is 5.91 Å². The van der Waals surface area contributed by atoms with Crippen molar-refractivity contribution in [3.8, 4) is 0 Å². The van der Waals surface area contributed by atoms with Gasteiger partial charge in [0.2, 0.25) is 5.91 Å². The number of nitrogens with zero attached hydrogens (tertiary/aromatic N) is 1. The van der Waals surface area contributed by atoms with Crippen LogP contribution in [0.3, 0.4) is 0 Å². The van der Waals surface area contributed by atoms with Crippen LogP contribution in [0.2, 0.25) is 0 Å². The van der Waals surface area contributed by atoms with Gasteiger partial charge < -0.3 is 5.32 Å². The number of carbonyl (C=O) groups is 1. The fourth-order valence-electron chi connectivity index (χ4n) is 2.28. The minimum Gasteiger partial charge on any atom is -0.326 e. The molecule has 5 heteroatoms. The highest BCUT2D eigenvalue weighted by atomic mass is 32.2. The Bertz CT molecular complexity index is 799. The molecule has 0 saturated heterocycles. The maximum atomic E-state index is 12.0. The zero-order valence-corrected chi connectivity index (χ0v) is 14.5. The lowest BCUT2D eigenvalue weighted by Gasteiger charge is -2.05. The summed E-state index contributed by atoms with van der Waals surface area (Å²) in [7, 11) is 0. The second kappa shape index (κ2) is 7.62. The molecule has 1 N–H and O–H groups in total. The third-order valence-corrected chi connectivity index (χ3v) is 5.37. The molecular weight excluding hydrogens is 324 g/mol. The zero-order valence-electron chi connectivity index (χ0n) is 12.9. The molecule has 0 spiro atoms. The molecule has 0 saturated carbocycles. The van der Waals surface area contributed by atoms with E-state index >= 15 is 0 Å². The largest absolute Gasteiger partial charge is 0.326 e. The van der Waals surface area contributed by atoms with E-state index in [2.05, 4.69) is 22.4 Å². The van der Waals surface area contributed by atoms with Crippen LogP contribution in [0.5, 0.6) is 0 Å². The summed E-state index contributed by atoms with van der Waals surface area (Å²) in [5, 5.41) is 4.02. The molecule has 0 fully saturated rings. The number of aryl methyl sites for hydroxylation is 1. The molecular formula is C18H18N2OS2. The molecule has 0 atom stereocenters. The van der Waals surface area contributed by atoms with Crippen LogP contribution >= 0.6 is 23.1 Å². The summed E-state index contributed by atoms with van der Waals surface area (Å²) in [4.78, 5) is 17.7. The van der Waals surface area contributed by atoms with Crippen molar-refractivity contribution >= 4 is 44.9 Å². The summed E-state index contributed by atoms with van der Waals surface area (Å²) in [6, 6.07) is 16.1. The first-order valence-corrected chi connectivity index (χ1v) is 9.36. The Hall–Kier alpha value is -1.85. The average molecular weight is 342 g/mol. The van der Waals surface area contributed by atoms with Gasteiger partial charge in [0.25, 0.3) is 0 Å². The Morgan fingerprint density at radius 2 is 2.04 bits per heavy atom. The van der Waals surface area contributed by atoms with Gasteiger partial charge in [-0.15, -0.1) is 23.1 Å². The number of rotatable bonds is 6. The van der Waals surface area contributed by atoms with Crippen molar-refractivity contribution in [2.45, 2.75) is 24.7 Å². The van der Waals surface area contributed by atoms with Gasteiger partial charge in [-0.2, -0.15) is 0 Å². The SMILES string of the molecule is Cc1nc2ccc(NC(=O)CCCSc3ccccc3)cc2s1. The fourth-order valence-corrected chi connectivity index (χ4v) is 4.02. The normalized spacial score (nSPS) is 10.8. The number of fused-ring (bicyclic) bond motifs is 1. The highest BCUT2D eigenvalue weighted by molar-refractivity contribution is 7.99. The van der Waals surface area contributed by atoms with E-state index in [4.69, 9.17) is 0 Å². The van der Waals surface area contributed by atoms with E-state index in [0.717, 1.165) is 33.1 Å². The van der Waals surface area contributed by atoms with E-state index in [0.29, 0.717) is 6.42 Å². The number of nitrogens with one attached hydrogen (secondary N) is 1. The van der Waals surface area contributed by atoms with Crippen molar-refractivity contribution < 1.29 is 4.79 Å². The van der Waals surface area contributed by atoms with Crippen molar-refractivity contribution in [2.24, 2.45) is 0 Å². The van der Waals surface area contributed by atoms with Crippen LogP contribution in [0.15, 0.2) is 53.4 Å². The Morgan fingerprint density at radius 1 is 1.22 bits per heavy atom. The van der Waals surface area contributed by atoms with Crippen LogP contribution in [0.4, 0.5) is 5.69 Å². The Kier molecular flexibility index (Phi) is 5.31. The summed E-state index contributed by atoms with van der Waals surface area (Å²) in [6.07, 6.45) is 1.41. The van der Waals surface area contributed by atoms with Gasteiger partial charge >= 0.3 is 0 Å². The maximum Gasteiger partial charge on any atom is 0.224 e. The van der Waals surface area contributed by atoms with Crippen molar-refractivity contribution in [1.82, 2.24) is 4.98 Å². The number of thioether (sulfide) groups is 1. The Labute approximate surface area is 144 Å². The van der Waals surface area contributed by atoms with Crippen molar-refractivity contribution in [2.75, 3.05) is 11.1 Å². The van der Waals surface area contributed by atoms with Crippen LogP contribution in [-0.4, -0.2) is 16.6 Å². The number of hydrogen-bond donors (Lipinski definition) is 1. The number of benzene rings is 2. The van der Waals surface area contributed by atoms with Gasteiger partial charge in [-0.25, -0.2) is 4.98 Å². The molecule has 3 nitrogen and oxygen atoms in total. The molecule has 0 aliphatic heterocycles. The van der Waals surface area contributed by atoms with Crippen molar-refractivity contribution in [3.63, 3.8) is 0 Å². The molecule has 3 aromatic rings. The van der Waals surface area contributed by atoms with Gasteiger partial charge in [0, 0.05) is 17.0 Å². The predicted octanol–water partition coefficient (Wildman–Crippen LogP) is 5.12. The molecule has 0 bridgehead atoms. The molecule has 0 aliphatic rings. The monoisotopic (exact) mass is 342 g/mol. The summed E-state index contributed by atoms with van der Waals surface area (Å²) >= 11 is 3.43. The molecule has 1 amide bonds. The lowest BCUT2D eigenvalue weighted by molar-refractivity contribution is -0.116. The lowest BCUT2D eigenvalue weighted by Crippen LogP contribution is -2.11. The van der Waals surface area contributed by atoms with Gasteiger partial charge in [-0.05, 0) is 49.4 Å². The molecule has 3 rings (SSSR count).